The molecule has 0 saturated carbocycles. The summed E-state index contributed by atoms with van der Waals surface area (Å²) in [5.74, 6) is -0.0475. The first-order valence-electron chi connectivity index (χ1n) is 8.20. The largest absolute Gasteiger partial charge is 0.332 e. The van der Waals surface area contributed by atoms with E-state index in [1.807, 2.05) is 41.1 Å². The number of amides is 1. The van der Waals surface area contributed by atoms with E-state index in [0.29, 0.717) is 11.7 Å². The smallest absolute Gasteiger partial charge is 0.322 e. The summed E-state index contributed by atoms with van der Waals surface area (Å²) in [4.78, 5) is 40.2. The second-order valence-corrected chi connectivity index (χ2v) is 6.87. The molecule has 0 aliphatic carbocycles. The fraction of sp³-hybridized carbons (Fsp3) is 0.222. The van der Waals surface area contributed by atoms with Gasteiger partial charge < -0.3 is 9.88 Å². The first-order valence-corrected chi connectivity index (χ1v) is 9.19. The highest BCUT2D eigenvalue weighted by Crippen LogP contribution is 2.17. The second-order valence-electron chi connectivity index (χ2n) is 5.93. The molecule has 1 aromatic carbocycles. The van der Waals surface area contributed by atoms with Crippen LogP contribution in [0.3, 0.4) is 0 Å². The van der Waals surface area contributed by atoms with Gasteiger partial charge in [-0.15, -0.1) is 0 Å². The van der Waals surface area contributed by atoms with Crippen LogP contribution >= 0.6 is 11.8 Å². The molecule has 8 nitrogen and oxygen atoms in total. The lowest BCUT2D eigenvalue weighted by Gasteiger charge is -2.11. The standard InChI is InChI=1S/C18H19N5O3S/c1-21-14(10-16(25)22(2)18(21)26)20-15(24)12-27-17-19-8-9-23(17)11-13-6-4-3-5-7-13/h3-10H,11-12H2,1-2H3,(H,20,24). The van der Waals surface area contributed by atoms with Gasteiger partial charge in [-0.25, -0.2) is 9.78 Å². The van der Waals surface area contributed by atoms with Crippen LogP contribution in [0.25, 0.3) is 0 Å². The molecule has 0 atom stereocenters. The van der Waals surface area contributed by atoms with Gasteiger partial charge in [0.25, 0.3) is 5.56 Å². The van der Waals surface area contributed by atoms with E-state index >= 15 is 0 Å². The number of hydrogen-bond acceptors (Lipinski definition) is 5. The van der Waals surface area contributed by atoms with Crippen LogP contribution < -0.4 is 16.6 Å². The zero-order valence-corrected chi connectivity index (χ0v) is 15.8. The third kappa shape index (κ3) is 4.37. The summed E-state index contributed by atoms with van der Waals surface area (Å²) < 4.78 is 4.16. The van der Waals surface area contributed by atoms with Gasteiger partial charge in [0.1, 0.15) is 5.82 Å². The van der Waals surface area contributed by atoms with E-state index in [1.165, 1.54) is 36.5 Å². The van der Waals surface area contributed by atoms with Crippen molar-refractivity contribution in [2.45, 2.75) is 11.7 Å². The number of nitrogens with one attached hydrogen (secondary N) is 1. The molecule has 9 heteroatoms. The number of thioether (sulfide) groups is 1. The molecule has 0 fully saturated rings. The van der Waals surface area contributed by atoms with Crippen molar-refractivity contribution in [3.63, 3.8) is 0 Å². The van der Waals surface area contributed by atoms with E-state index in [2.05, 4.69) is 10.3 Å². The molecule has 140 valence electrons. The lowest BCUT2D eigenvalue weighted by atomic mass is 10.2. The molecule has 0 aliphatic rings. The average Bonchev–Trinajstić information content (AvgIpc) is 3.10. The Morgan fingerprint density at radius 2 is 1.89 bits per heavy atom. The molecule has 1 amide bonds. The maximum absolute atomic E-state index is 12.2. The molecule has 0 saturated heterocycles. The van der Waals surface area contributed by atoms with Crippen molar-refractivity contribution >= 4 is 23.5 Å². The van der Waals surface area contributed by atoms with Crippen LogP contribution in [-0.4, -0.2) is 30.3 Å². The van der Waals surface area contributed by atoms with Crippen molar-refractivity contribution in [3.8, 4) is 0 Å². The third-order valence-electron chi connectivity index (χ3n) is 4.00. The first-order chi connectivity index (χ1) is 13.0. The van der Waals surface area contributed by atoms with E-state index in [-0.39, 0.29) is 17.5 Å². The summed E-state index contributed by atoms with van der Waals surface area (Å²) in [5, 5.41) is 3.32. The molecule has 2 heterocycles. The minimum Gasteiger partial charge on any atom is -0.322 e. The average molecular weight is 385 g/mol. The monoisotopic (exact) mass is 385 g/mol. The Kier molecular flexibility index (Phi) is 5.60. The molecule has 3 aromatic rings. The molecule has 27 heavy (non-hydrogen) atoms. The number of hydrogen-bond donors (Lipinski definition) is 1. The van der Waals surface area contributed by atoms with Gasteiger partial charge in [0.2, 0.25) is 5.91 Å². The molecule has 2 aromatic heterocycles. The summed E-state index contributed by atoms with van der Waals surface area (Å²) >= 11 is 1.29. The number of carbonyl (C=O) groups excluding carboxylic acids is 1. The number of anilines is 1. The van der Waals surface area contributed by atoms with Crippen LogP contribution in [0.1, 0.15) is 5.56 Å². The summed E-state index contributed by atoms with van der Waals surface area (Å²) in [6.45, 7) is 0.661. The van der Waals surface area contributed by atoms with E-state index < -0.39 is 11.2 Å². The minimum atomic E-state index is -0.496. The van der Waals surface area contributed by atoms with Gasteiger partial charge in [-0.05, 0) is 5.56 Å². The predicted molar refractivity (Wildman–Crippen MR) is 104 cm³/mol. The van der Waals surface area contributed by atoms with E-state index in [9.17, 15) is 14.4 Å². The maximum Gasteiger partial charge on any atom is 0.332 e. The summed E-state index contributed by atoms with van der Waals surface area (Å²) in [6, 6.07) is 11.2. The van der Waals surface area contributed by atoms with Crippen LogP contribution in [0.5, 0.6) is 0 Å². The molecule has 0 radical (unpaired) electrons. The van der Waals surface area contributed by atoms with Gasteiger partial charge in [-0.2, -0.15) is 0 Å². The van der Waals surface area contributed by atoms with Crippen molar-refractivity contribution in [2.24, 2.45) is 14.1 Å². The van der Waals surface area contributed by atoms with Crippen LogP contribution in [0.15, 0.2) is 63.5 Å². The normalized spacial score (nSPS) is 10.7. The molecule has 0 bridgehead atoms. The molecular weight excluding hydrogens is 366 g/mol. The van der Waals surface area contributed by atoms with Crippen molar-refractivity contribution in [1.29, 1.82) is 0 Å². The second kappa shape index (κ2) is 8.09. The van der Waals surface area contributed by atoms with Gasteiger partial charge in [0, 0.05) is 39.1 Å². The Morgan fingerprint density at radius 3 is 2.63 bits per heavy atom. The highest BCUT2D eigenvalue weighted by molar-refractivity contribution is 7.99. The van der Waals surface area contributed by atoms with Crippen molar-refractivity contribution in [3.05, 3.63) is 75.2 Å². The Labute approximate surface area is 159 Å². The highest BCUT2D eigenvalue weighted by Gasteiger charge is 2.12. The zero-order valence-electron chi connectivity index (χ0n) is 15.0. The highest BCUT2D eigenvalue weighted by atomic mass is 32.2. The Balaban J connectivity index is 1.65. The molecular formula is C18H19N5O3S. The minimum absolute atomic E-state index is 0.106. The number of imidazole rings is 1. The third-order valence-corrected chi connectivity index (χ3v) is 5.00. The van der Waals surface area contributed by atoms with Crippen molar-refractivity contribution < 1.29 is 4.79 Å². The molecule has 0 unspecified atom stereocenters. The van der Waals surface area contributed by atoms with Gasteiger partial charge >= 0.3 is 5.69 Å². The first kappa shape index (κ1) is 18.7. The van der Waals surface area contributed by atoms with E-state index in [1.54, 1.807) is 6.20 Å². The quantitative estimate of drug-likeness (QED) is 0.641. The molecule has 3 rings (SSSR count). The maximum atomic E-state index is 12.2. The van der Waals surface area contributed by atoms with Crippen LogP contribution in [-0.2, 0) is 25.4 Å². The van der Waals surface area contributed by atoms with Crippen LogP contribution in [0.2, 0.25) is 0 Å². The van der Waals surface area contributed by atoms with Gasteiger partial charge in [0.15, 0.2) is 5.16 Å². The molecule has 1 N–H and O–H groups in total. The molecule has 0 spiro atoms. The Hall–Kier alpha value is -3.07. The van der Waals surface area contributed by atoms with Crippen molar-refractivity contribution in [1.82, 2.24) is 18.7 Å². The van der Waals surface area contributed by atoms with E-state index in [4.69, 9.17) is 0 Å². The number of carbonyl (C=O) groups is 1. The van der Waals surface area contributed by atoms with Crippen molar-refractivity contribution in [2.75, 3.05) is 11.1 Å². The zero-order chi connectivity index (χ0) is 19.4. The van der Waals surface area contributed by atoms with E-state index in [0.717, 1.165) is 10.1 Å². The fourth-order valence-electron chi connectivity index (χ4n) is 2.50. The van der Waals surface area contributed by atoms with Crippen LogP contribution in [0.4, 0.5) is 5.82 Å². The number of benzene rings is 1. The van der Waals surface area contributed by atoms with Crippen LogP contribution in [0, 0.1) is 0 Å². The van der Waals surface area contributed by atoms with Gasteiger partial charge in [-0.3, -0.25) is 18.7 Å². The van der Waals surface area contributed by atoms with Gasteiger partial charge in [0.05, 0.1) is 5.75 Å². The Morgan fingerprint density at radius 1 is 1.15 bits per heavy atom. The lowest BCUT2D eigenvalue weighted by molar-refractivity contribution is -0.113. The fourth-order valence-corrected chi connectivity index (χ4v) is 3.26. The predicted octanol–water partition coefficient (Wildman–Crippen LogP) is 1.06. The van der Waals surface area contributed by atoms with Gasteiger partial charge in [-0.1, -0.05) is 42.1 Å². The molecule has 0 aliphatic heterocycles. The summed E-state index contributed by atoms with van der Waals surface area (Å²) in [5.41, 5.74) is 0.167. The summed E-state index contributed by atoms with van der Waals surface area (Å²) in [7, 11) is 2.88. The Bertz CT molecular complexity index is 1070. The number of rotatable bonds is 6. The number of aromatic nitrogens is 4. The topological polar surface area (TPSA) is 90.9 Å². The lowest BCUT2D eigenvalue weighted by Crippen LogP contribution is -2.38. The SMILES string of the molecule is Cn1c(NC(=O)CSc2nccn2Cc2ccccc2)cc(=O)n(C)c1=O. The summed E-state index contributed by atoms with van der Waals surface area (Å²) in [6.07, 6.45) is 3.55. The number of nitrogens with zero attached hydrogens (tertiary/aromatic N) is 4.